The van der Waals surface area contributed by atoms with Crippen LogP contribution in [0.4, 0.5) is 11.4 Å². The maximum atomic E-state index is 12.5. The fraction of sp³-hybridized carbons (Fsp3) is 0.250. The molecule has 5 nitrogen and oxygen atoms in total. The van der Waals surface area contributed by atoms with E-state index >= 15 is 0 Å². The van der Waals surface area contributed by atoms with Crippen molar-refractivity contribution < 1.29 is 4.79 Å². The predicted octanol–water partition coefficient (Wildman–Crippen LogP) is 3.04. The molecule has 0 saturated carbocycles. The summed E-state index contributed by atoms with van der Waals surface area (Å²) < 4.78 is 0.797. The zero-order valence-electron chi connectivity index (χ0n) is 12.4. The molecule has 1 aromatic heterocycles. The summed E-state index contributed by atoms with van der Waals surface area (Å²) in [5, 5.41) is 0.640. The Morgan fingerprint density at radius 2 is 1.96 bits per heavy atom. The van der Waals surface area contributed by atoms with Gasteiger partial charge in [-0.3, -0.25) is 9.78 Å². The van der Waals surface area contributed by atoms with Gasteiger partial charge in [0.1, 0.15) is 0 Å². The number of anilines is 2. The van der Waals surface area contributed by atoms with Gasteiger partial charge in [-0.1, -0.05) is 17.7 Å². The lowest BCUT2D eigenvalue weighted by atomic mass is 10.2. The molecule has 1 fully saturated rings. The maximum Gasteiger partial charge on any atom is 0.255 e. The van der Waals surface area contributed by atoms with E-state index in [0.717, 1.165) is 10.2 Å². The average molecular weight is 396 g/mol. The Hall–Kier alpha value is -1.79. The quantitative estimate of drug-likeness (QED) is 0.794. The molecule has 0 atom stereocenters. The number of carbonyl (C=O) groups excluding carboxylic acids is 1. The van der Waals surface area contributed by atoms with Crippen LogP contribution in [-0.2, 0) is 0 Å². The number of aromatic nitrogens is 1. The number of nitrogens with zero attached hydrogens (tertiary/aromatic N) is 3. The molecular weight excluding hydrogens is 380 g/mol. The van der Waals surface area contributed by atoms with Crippen LogP contribution in [0.3, 0.4) is 0 Å². The molecule has 0 unspecified atom stereocenters. The van der Waals surface area contributed by atoms with E-state index in [4.69, 9.17) is 17.3 Å². The number of piperazine rings is 1. The van der Waals surface area contributed by atoms with Crippen LogP contribution in [0, 0.1) is 0 Å². The zero-order chi connectivity index (χ0) is 16.4. The molecule has 120 valence electrons. The molecule has 0 spiro atoms. The predicted molar refractivity (Wildman–Crippen MR) is 95.9 cm³/mol. The summed E-state index contributed by atoms with van der Waals surface area (Å²) in [6.07, 6.45) is 3.25. The second-order valence-corrected chi connectivity index (χ2v) is 6.67. The van der Waals surface area contributed by atoms with Crippen molar-refractivity contribution in [2.24, 2.45) is 0 Å². The van der Waals surface area contributed by atoms with E-state index in [-0.39, 0.29) is 5.91 Å². The van der Waals surface area contributed by atoms with E-state index in [9.17, 15) is 4.79 Å². The second kappa shape index (κ2) is 6.76. The minimum atomic E-state index is -0.00872. The molecule has 2 N–H and O–H groups in total. The lowest BCUT2D eigenvalue weighted by Gasteiger charge is -2.37. The maximum absolute atomic E-state index is 12.5. The molecule has 7 heteroatoms. The van der Waals surface area contributed by atoms with Crippen LogP contribution in [0.25, 0.3) is 0 Å². The summed E-state index contributed by atoms with van der Waals surface area (Å²) in [7, 11) is 0. The zero-order valence-corrected chi connectivity index (χ0v) is 14.7. The van der Waals surface area contributed by atoms with Crippen molar-refractivity contribution in [3.8, 4) is 0 Å². The van der Waals surface area contributed by atoms with E-state index in [2.05, 4.69) is 25.8 Å². The van der Waals surface area contributed by atoms with Gasteiger partial charge in [-0.25, -0.2) is 0 Å². The summed E-state index contributed by atoms with van der Waals surface area (Å²) in [5.74, 6) is -0.00872. The Labute approximate surface area is 148 Å². The number of rotatable bonds is 2. The number of amides is 1. The molecule has 1 aliphatic rings. The van der Waals surface area contributed by atoms with Crippen LogP contribution < -0.4 is 10.6 Å². The van der Waals surface area contributed by atoms with Gasteiger partial charge in [0.05, 0.1) is 22.0 Å². The molecule has 3 rings (SSSR count). The number of nitrogen functional groups attached to an aromatic ring is 1. The number of hydrogen-bond acceptors (Lipinski definition) is 4. The van der Waals surface area contributed by atoms with Crippen LogP contribution in [0.5, 0.6) is 0 Å². The number of nitrogens with two attached hydrogens (primary N) is 1. The highest BCUT2D eigenvalue weighted by atomic mass is 79.9. The van der Waals surface area contributed by atoms with Gasteiger partial charge in [-0.05, 0) is 34.1 Å². The van der Waals surface area contributed by atoms with Crippen molar-refractivity contribution >= 4 is 44.8 Å². The number of benzene rings is 1. The standard InChI is InChI=1S/C16H16BrClN4O/c17-12-8-11(9-20-10-12)16(23)22-6-4-21(5-7-22)15-13(18)2-1-3-14(15)19/h1-3,8-10H,4-7,19H2. The smallest absolute Gasteiger partial charge is 0.255 e. The van der Waals surface area contributed by atoms with Crippen molar-refractivity contribution in [1.29, 1.82) is 0 Å². The van der Waals surface area contributed by atoms with E-state index in [1.54, 1.807) is 18.5 Å². The highest BCUT2D eigenvalue weighted by Gasteiger charge is 2.24. The van der Waals surface area contributed by atoms with E-state index < -0.39 is 0 Å². The van der Waals surface area contributed by atoms with Crippen LogP contribution in [0.15, 0.2) is 41.1 Å². The van der Waals surface area contributed by atoms with Gasteiger partial charge in [0.2, 0.25) is 0 Å². The van der Waals surface area contributed by atoms with Gasteiger partial charge >= 0.3 is 0 Å². The second-order valence-electron chi connectivity index (χ2n) is 5.35. The summed E-state index contributed by atoms with van der Waals surface area (Å²) in [6, 6.07) is 7.29. The molecule has 1 aromatic carbocycles. The topological polar surface area (TPSA) is 62.5 Å². The van der Waals surface area contributed by atoms with Gasteiger partial charge < -0.3 is 15.5 Å². The summed E-state index contributed by atoms with van der Waals surface area (Å²) >= 11 is 9.60. The van der Waals surface area contributed by atoms with Crippen LogP contribution in [-0.4, -0.2) is 42.0 Å². The van der Waals surface area contributed by atoms with E-state index in [1.807, 2.05) is 23.1 Å². The van der Waals surface area contributed by atoms with Crippen molar-refractivity contribution in [2.75, 3.05) is 36.8 Å². The fourth-order valence-corrected chi connectivity index (χ4v) is 3.38. The molecule has 1 saturated heterocycles. The number of hydrogen-bond donors (Lipinski definition) is 1. The molecule has 0 aliphatic carbocycles. The Kier molecular flexibility index (Phi) is 4.73. The molecule has 23 heavy (non-hydrogen) atoms. The first-order valence-corrected chi connectivity index (χ1v) is 8.42. The normalized spacial score (nSPS) is 14.9. The summed E-state index contributed by atoms with van der Waals surface area (Å²) in [5.41, 5.74) is 8.14. The molecule has 0 bridgehead atoms. The average Bonchev–Trinajstić information content (AvgIpc) is 2.55. The Balaban J connectivity index is 1.70. The van der Waals surface area contributed by atoms with Crippen molar-refractivity contribution in [3.05, 3.63) is 51.7 Å². The molecular formula is C16H16BrClN4O. The molecule has 1 amide bonds. The summed E-state index contributed by atoms with van der Waals surface area (Å²) in [6.45, 7) is 2.63. The Morgan fingerprint density at radius 3 is 2.61 bits per heavy atom. The first-order chi connectivity index (χ1) is 11.1. The van der Waals surface area contributed by atoms with Crippen molar-refractivity contribution in [2.45, 2.75) is 0 Å². The number of para-hydroxylation sites is 1. The number of pyridine rings is 1. The summed E-state index contributed by atoms with van der Waals surface area (Å²) in [4.78, 5) is 20.5. The number of halogens is 2. The first kappa shape index (κ1) is 16.1. The van der Waals surface area contributed by atoms with Crippen LogP contribution in [0.1, 0.15) is 10.4 Å². The molecule has 1 aliphatic heterocycles. The third-order valence-corrected chi connectivity index (χ3v) is 4.59. The van der Waals surface area contributed by atoms with Crippen molar-refractivity contribution in [1.82, 2.24) is 9.88 Å². The van der Waals surface area contributed by atoms with Crippen LogP contribution in [0.2, 0.25) is 5.02 Å². The minimum Gasteiger partial charge on any atom is -0.397 e. The minimum absolute atomic E-state index is 0.00872. The molecule has 2 aromatic rings. The van der Waals surface area contributed by atoms with E-state index in [0.29, 0.717) is 42.5 Å². The van der Waals surface area contributed by atoms with Crippen molar-refractivity contribution in [3.63, 3.8) is 0 Å². The third-order valence-electron chi connectivity index (χ3n) is 3.85. The Bertz CT molecular complexity index is 712. The third kappa shape index (κ3) is 3.43. The van der Waals surface area contributed by atoms with E-state index in [1.165, 1.54) is 0 Å². The van der Waals surface area contributed by atoms with Crippen LogP contribution >= 0.6 is 27.5 Å². The highest BCUT2D eigenvalue weighted by Crippen LogP contribution is 2.32. The van der Waals surface area contributed by atoms with Gasteiger partial charge in [0.15, 0.2) is 0 Å². The lowest BCUT2D eigenvalue weighted by molar-refractivity contribution is 0.0746. The SMILES string of the molecule is Nc1cccc(Cl)c1N1CCN(C(=O)c2cncc(Br)c2)CC1. The first-order valence-electron chi connectivity index (χ1n) is 7.25. The number of carbonyl (C=O) groups is 1. The largest absolute Gasteiger partial charge is 0.397 e. The lowest BCUT2D eigenvalue weighted by Crippen LogP contribution is -2.49. The molecule has 0 radical (unpaired) electrons. The fourth-order valence-electron chi connectivity index (χ4n) is 2.71. The van der Waals surface area contributed by atoms with Gasteiger partial charge in [-0.2, -0.15) is 0 Å². The molecule has 2 heterocycles. The van der Waals surface area contributed by atoms with Gasteiger partial charge in [0, 0.05) is 43.0 Å². The Morgan fingerprint density at radius 1 is 1.22 bits per heavy atom. The van der Waals surface area contributed by atoms with Gasteiger partial charge in [0.25, 0.3) is 5.91 Å². The van der Waals surface area contributed by atoms with Gasteiger partial charge in [-0.15, -0.1) is 0 Å². The monoisotopic (exact) mass is 394 g/mol. The highest BCUT2D eigenvalue weighted by molar-refractivity contribution is 9.10.